The zero-order valence-corrected chi connectivity index (χ0v) is 15.1. The summed E-state index contributed by atoms with van der Waals surface area (Å²) in [5.41, 5.74) is 17.9. The van der Waals surface area contributed by atoms with Gasteiger partial charge in [-0.2, -0.15) is 0 Å². The summed E-state index contributed by atoms with van der Waals surface area (Å²) in [6, 6.07) is 4.76. The number of nitrogens with one attached hydrogen (secondary N) is 1. The molecule has 0 aliphatic heterocycles. The van der Waals surface area contributed by atoms with E-state index in [2.05, 4.69) is 12.0 Å². The quantitative estimate of drug-likeness (QED) is 0.148. The van der Waals surface area contributed by atoms with Crippen LogP contribution in [0.25, 0.3) is 0 Å². The summed E-state index contributed by atoms with van der Waals surface area (Å²) in [6.07, 6.45) is 3.44. The summed E-state index contributed by atoms with van der Waals surface area (Å²) in [5, 5.41) is 21.9. The fourth-order valence-corrected chi connectivity index (χ4v) is 2.91. The fraction of sp³-hybridized carbons (Fsp3) is 0.438. The molecule has 0 saturated carbocycles. The summed E-state index contributed by atoms with van der Waals surface area (Å²) < 4.78 is -0.466. The van der Waals surface area contributed by atoms with Crippen LogP contribution in [0, 0.1) is 5.41 Å². The van der Waals surface area contributed by atoms with Crippen molar-refractivity contribution in [3.8, 4) is 0 Å². The topological polar surface area (TPSA) is 152 Å². The minimum atomic E-state index is -1.03. The Morgan fingerprint density at radius 3 is 2.48 bits per heavy atom. The molecule has 0 bridgehead atoms. The number of halogens is 1. The highest BCUT2D eigenvalue weighted by molar-refractivity contribution is 6.30. The van der Waals surface area contributed by atoms with Crippen LogP contribution in [0.2, 0.25) is 5.02 Å². The maximum atomic E-state index is 11.2. The monoisotopic (exact) mass is 369 g/mol. The van der Waals surface area contributed by atoms with E-state index in [1.807, 2.05) is 0 Å². The van der Waals surface area contributed by atoms with E-state index in [9.17, 15) is 9.90 Å². The fourth-order valence-electron chi connectivity index (χ4n) is 2.71. The van der Waals surface area contributed by atoms with E-state index in [-0.39, 0.29) is 18.3 Å². The normalized spacial score (nSPS) is 13.0. The second kappa shape index (κ2) is 9.24. The summed E-state index contributed by atoms with van der Waals surface area (Å²) in [4.78, 5) is 11.2. The van der Waals surface area contributed by atoms with Crippen molar-refractivity contribution in [2.45, 2.75) is 39.0 Å². The van der Waals surface area contributed by atoms with Gasteiger partial charge in [-0.1, -0.05) is 36.0 Å². The molecule has 0 aliphatic carbocycles. The minimum absolute atomic E-state index is 0.234. The maximum Gasteiger partial charge on any atom is 0.324 e. The Kier molecular flexibility index (Phi) is 7.66. The average molecular weight is 370 g/mol. The van der Waals surface area contributed by atoms with Crippen LogP contribution in [-0.2, 0) is 11.2 Å². The first-order chi connectivity index (χ1) is 11.7. The Labute approximate surface area is 152 Å². The van der Waals surface area contributed by atoms with Crippen LogP contribution < -0.4 is 21.8 Å². The van der Waals surface area contributed by atoms with Gasteiger partial charge >= 0.3 is 11.9 Å². The van der Waals surface area contributed by atoms with E-state index in [1.54, 1.807) is 12.1 Å². The number of hydrogen-bond acceptors (Lipinski definition) is 3. The number of quaternary nitrogens is 1. The van der Waals surface area contributed by atoms with Crippen LogP contribution in [0.3, 0.4) is 0 Å². The lowest BCUT2D eigenvalue weighted by Crippen LogP contribution is -2.56. The highest BCUT2D eigenvalue weighted by Crippen LogP contribution is 2.32. The number of unbranched alkanes of at least 4 members (excludes halogenated alkanes) is 3. The lowest BCUT2D eigenvalue weighted by molar-refractivity contribution is -0.136. The molecular formula is C16H26ClN6O2+. The molecule has 0 aliphatic rings. The molecule has 0 spiro atoms. The van der Waals surface area contributed by atoms with Gasteiger partial charge < -0.3 is 22.3 Å². The lowest BCUT2D eigenvalue weighted by Gasteiger charge is -2.30. The third-order valence-electron chi connectivity index (χ3n) is 3.80. The molecule has 1 aromatic carbocycles. The molecule has 0 saturated heterocycles. The Hall–Kier alpha value is -2.32. The van der Waals surface area contributed by atoms with Crippen molar-refractivity contribution in [3.63, 3.8) is 0 Å². The van der Waals surface area contributed by atoms with E-state index in [0.29, 0.717) is 22.8 Å². The SMILES string of the molecule is CCCCCC[N+](N=C(N)N)(C(=N)N)c1ccc(Cl)cc1CC(=O)O. The number of aliphatic carboxylic acids is 1. The summed E-state index contributed by atoms with van der Waals surface area (Å²) in [5.74, 6) is -1.55. The number of nitrogens with zero attached hydrogens (tertiary/aromatic N) is 2. The van der Waals surface area contributed by atoms with Crippen molar-refractivity contribution in [1.82, 2.24) is 4.59 Å². The van der Waals surface area contributed by atoms with Gasteiger partial charge in [0.1, 0.15) is 6.54 Å². The number of carboxylic acid groups (broad SMARTS) is 1. The van der Waals surface area contributed by atoms with Crippen LogP contribution in [0.1, 0.15) is 38.2 Å². The number of carbonyl (C=O) groups is 1. The van der Waals surface area contributed by atoms with Crippen molar-refractivity contribution in [2.75, 3.05) is 6.54 Å². The third-order valence-corrected chi connectivity index (χ3v) is 4.04. The number of benzene rings is 1. The molecule has 25 heavy (non-hydrogen) atoms. The van der Waals surface area contributed by atoms with Gasteiger partial charge in [0, 0.05) is 16.7 Å². The molecule has 1 aromatic rings. The predicted molar refractivity (Wildman–Crippen MR) is 101 cm³/mol. The number of hydrogen-bond donors (Lipinski definition) is 5. The molecule has 8 N–H and O–H groups in total. The van der Waals surface area contributed by atoms with Gasteiger partial charge in [0.2, 0.25) is 5.96 Å². The van der Waals surface area contributed by atoms with Crippen LogP contribution in [0.15, 0.2) is 23.3 Å². The van der Waals surface area contributed by atoms with Crippen LogP contribution in [0.5, 0.6) is 0 Å². The first kappa shape index (κ1) is 20.7. The summed E-state index contributed by atoms with van der Waals surface area (Å²) >= 11 is 6.01. The molecule has 1 atom stereocenters. The first-order valence-electron chi connectivity index (χ1n) is 8.07. The highest BCUT2D eigenvalue weighted by Gasteiger charge is 2.38. The van der Waals surface area contributed by atoms with Gasteiger partial charge in [0.25, 0.3) is 0 Å². The summed E-state index contributed by atoms with van der Waals surface area (Å²) in [7, 11) is 0. The molecule has 0 heterocycles. The van der Waals surface area contributed by atoms with Crippen molar-refractivity contribution in [3.05, 3.63) is 28.8 Å². The second-order valence-corrected chi connectivity index (χ2v) is 6.24. The predicted octanol–water partition coefficient (Wildman–Crippen LogP) is 1.94. The molecule has 9 heteroatoms. The smallest absolute Gasteiger partial charge is 0.324 e. The molecule has 0 aromatic heterocycles. The Balaban J connectivity index is 3.47. The lowest BCUT2D eigenvalue weighted by atomic mass is 10.1. The molecule has 0 amide bonds. The minimum Gasteiger partial charge on any atom is -0.481 e. The van der Waals surface area contributed by atoms with Crippen molar-refractivity contribution >= 4 is 35.2 Å². The number of guanidine groups is 2. The second-order valence-electron chi connectivity index (χ2n) is 5.81. The standard InChI is InChI=1S/C16H25ClN6O2/c1-2-3-4-5-8-23(16(20)21,22-15(18)19)13-7-6-12(17)9-11(13)10-14(24)25/h6-7,9H,2-5,8,10H2,1H3,(H7-,18,19,20,21,22,24,25)/p+1. The van der Waals surface area contributed by atoms with Crippen LogP contribution >= 0.6 is 11.6 Å². The first-order valence-corrected chi connectivity index (χ1v) is 8.45. The van der Waals surface area contributed by atoms with Crippen LogP contribution in [-0.4, -0.2) is 29.5 Å². The Morgan fingerprint density at radius 1 is 1.28 bits per heavy atom. The van der Waals surface area contributed by atoms with Crippen LogP contribution in [0.4, 0.5) is 5.69 Å². The molecule has 0 fully saturated rings. The van der Waals surface area contributed by atoms with Gasteiger partial charge in [-0.25, -0.2) is 5.41 Å². The highest BCUT2D eigenvalue weighted by atomic mass is 35.5. The molecule has 0 radical (unpaired) electrons. The van der Waals surface area contributed by atoms with E-state index in [1.165, 1.54) is 6.07 Å². The van der Waals surface area contributed by atoms with Crippen molar-refractivity contribution in [2.24, 2.45) is 22.3 Å². The Morgan fingerprint density at radius 2 is 1.96 bits per heavy atom. The number of rotatable bonds is 9. The molecular weight excluding hydrogens is 344 g/mol. The third kappa shape index (κ3) is 5.61. The molecule has 1 unspecified atom stereocenters. The molecule has 8 nitrogen and oxygen atoms in total. The molecule has 1 rings (SSSR count). The van der Waals surface area contributed by atoms with Crippen molar-refractivity contribution in [1.29, 1.82) is 5.41 Å². The van der Waals surface area contributed by atoms with E-state index >= 15 is 0 Å². The van der Waals surface area contributed by atoms with E-state index in [0.717, 1.165) is 25.7 Å². The van der Waals surface area contributed by atoms with E-state index < -0.39 is 10.6 Å². The number of nitrogens with two attached hydrogens (primary N) is 3. The van der Waals surface area contributed by atoms with Gasteiger partial charge in [0.15, 0.2) is 5.69 Å². The van der Waals surface area contributed by atoms with Gasteiger partial charge in [-0.05, 0) is 30.1 Å². The zero-order valence-electron chi connectivity index (χ0n) is 14.3. The van der Waals surface area contributed by atoms with Crippen molar-refractivity contribution < 1.29 is 9.90 Å². The average Bonchev–Trinajstić information content (AvgIpc) is 2.49. The molecule has 138 valence electrons. The number of carboxylic acids is 1. The zero-order chi connectivity index (χ0) is 19.0. The Bertz CT molecular complexity index is 660. The van der Waals surface area contributed by atoms with Gasteiger partial charge in [-0.3, -0.25) is 4.79 Å². The largest absolute Gasteiger partial charge is 0.481 e. The van der Waals surface area contributed by atoms with E-state index in [4.69, 9.17) is 34.2 Å². The van der Waals surface area contributed by atoms with Gasteiger partial charge in [0.05, 0.1) is 6.42 Å². The van der Waals surface area contributed by atoms with Gasteiger partial charge in [-0.15, -0.1) is 0 Å². The summed E-state index contributed by atoms with van der Waals surface area (Å²) in [6.45, 7) is 2.44. The maximum absolute atomic E-state index is 11.2.